The standard InChI is InChI=1S/C23H28FN3O3/c1-29-12-9-25-23(28)20-13-16-3-8-19(30-2)14-21(16)27-11-10-26(15-22(20)27)18-6-4-17(24)5-7-18/h3-8,14,20,22H,9-13,15H2,1-2H3,(H,25,28)/t20-,22-/m0/s1. The van der Waals surface area contributed by atoms with Crippen molar-refractivity contribution in [3.05, 3.63) is 53.8 Å². The number of halogens is 1. The summed E-state index contributed by atoms with van der Waals surface area (Å²) < 4.78 is 23.9. The number of piperazine rings is 1. The van der Waals surface area contributed by atoms with E-state index in [4.69, 9.17) is 9.47 Å². The van der Waals surface area contributed by atoms with Crippen LogP contribution in [-0.4, -0.2) is 59.0 Å². The molecule has 160 valence electrons. The molecule has 0 radical (unpaired) electrons. The van der Waals surface area contributed by atoms with Crippen LogP contribution in [0.2, 0.25) is 0 Å². The first-order valence-electron chi connectivity index (χ1n) is 10.3. The van der Waals surface area contributed by atoms with Crippen LogP contribution < -0.4 is 19.9 Å². The molecule has 6 nitrogen and oxygen atoms in total. The smallest absolute Gasteiger partial charge is 0.225 e. The van der Waals surface area contributed by atoms with Crippen molar-refractivity contribution < 1.29 is 18.7 Å². The molecule has 2 aromatic carbocycles. The molecule has 1 N–H and O–H groups in total. The third-order valence-corrected chi connectivity index (χ3v) is 6.06. The summed E-state index contributed by atoms with van der Waals surface area (Å²) in [5.41, 5.74) is 3.28. The molecule has 4 rings (SSSR count). The number of carbonyl (C=O) groups excluding carboxylic acids is 1. The molecular formula is C23H28FN3O3. The fourth-order valence-electron chi connectivity index (χ4n) is 4.50. The van der Waals surface area contributed by atoms with E-state index in [0.717, 1.165) is 35.8 Å². The van der Waals surface area contributed by atoms with Gasteiger partial charge in [-0.15, -0.1) is 0 Å². The number of nitrogens with zero attached hydrogens (tertiary/aromatic N) is 2. The molecule has 1 fully saturated rings. The van der Waals surface area contributed by atoms with Gasteiger partial charge in [0.2, 0.25) is 5.91 Å². The van der Waals surface area contributed by atoms with Crippen LogP contribution in [-0.2, 0) is 16.0 Å². The van der Waals surface area contributed by atoms with E-state index in [-0.39, 0.29) is 23.7 Å². The summed E-state index contributed by atoms with van der Waals surface area (Å²) in [5, 5.41) is 3.02. The van der Waals surface area contributed by atoms with E-state index in [1.807, 2.05) is 6.07 Å². The molecule has 0 aromatic heterocycles. The average molecular weight is 413 g/mol. The summed E-state index contributed by atoms with van der Waals surface area (Å²) in [5.74, 6) is 0.443. The third-order valence-electron chi connectivity index (χ3n) is 6.06. The topological polar surface area (TPSA) is 54.0 Å². The van der Waals surface area contributed by atoms with Gasteiger partial charge in [0.25, 0.3) is 0 Å². The van der Waals surface area contributed by atoms with Gasteiger partial charge in [-0.25, -0.2) is 4.39 Å². The Balaban J connectivity index is 1.62. The normalized spacial score (nSPS) is 20.4. The van der Waals surface area contributed by atoms with Crippen molar-refractivity contribution in [2.45, 2.75) is 12.5 Å². The summed E-state index contributed by atoms with van der Waals surface area (Å²) in [4.78, 5) is 17.6. The van der Waals surface area contributed by atoms with E-state index in [0.29, 0.717) is 26.1 Å². The maximum atomic E-state index is 13.4. The van der Waals surface area contributed by atoms with Gasteiger partial charge in [-0.2, -0.15) is 0 Å². The lowest BCUT2D eigenvalue weighted by atomic mass is 9.83. The fourth-order valence-corrected chi connectivity index (χ4v) is 4.50. The maximum absolute atomic E-state index is 13.4. The molecule has 0 aliphatic carbocycles. The molecule has 2 aliphatic heterocycles. The van der Waals surface area contributed by atoms with Gasteiger partial charge in [0.15, 0.2) is 0 Å². The van der Waals surface area contributed by atoms with Crippen molar-refractivity contribution in [1.29, 1.82) is 0 Å². The minimum absolute atomic E-state index is 0.0194. The summed E-state index contributed by atoms with van der Waals surface area (Å²) >= 11 is 0. The minimum atomic E-state index is -0.244. The van der Waals surface area contributed by atoms with Gasteiger partial charge >= 0.3 is 0 Å². The number of amides is 1. The van der Waals surface area contributed by atoms with Gasteiger partial charge in [-0.1, -0.05) is 6.07 Å². The Morgan fingerprint density at radius 3 is 2.70 bits per heavy atom. The molecule has 30 heavy (non-hydrogen) atoms. The number of benzene rings is 2. The zero-order chi connectivity index (χ0) is 21.1. The number of hydrogen-bond acceptors (Lipinski definition) is 5. The van der Waals surface area contributed by atoms with E-state index in [9.17, 15) is 9.18 Å². The van der Waals surface area contributed by atoms with Crippen LogP contribution in [0.15, 0.2) is 42.5 Å². The Bertz CT molecular complexity index is 890. The quantitative estimate of drug-likeness (QED) is 0.738. The van der Waals surface area contributed by atoms with E-state index in [2.05, 4.69) is 27.2 Å². The number of fused-ring (bicyclic) bond motifs is 3. The number of carbonyl (C=O) groups is 1. The van der Waals surface area contributed by atoms with Crippen LogP contribution in [0.5, 0.6) is 5.75 Å². The molecular weight excluding hydrogens is 385 g/mol. The van der Waals surface area contributed by atoms with Gasteiger partial charge in [0.1, 0.15) is 11.6 Å². The number of hydrogen-bond donors (Lipinski definition) is 1. The predicted octanol–water partition coefficient (Wildman–Crippen LogP) is 2.46. The number of rotatable bonds is 6. The fraction of sp³-hybridized carbons (Fsp3) is 0.435. The van der Waals surface area contributed by atoms with Crippen LogP contribution in [0, 0.1) is 11.7 Å². The second kappa shape index (κ2) is 8.92. The first-order chi connectivity index (χ1) is 14.6. The third kappa shape index (κ3) is 4.07. The average Bonchev–Trinajstić information content (AvgIpc) is 2.78. The Morgan fingerprint density at radius 2 is 1.97 bits per heavy atom. The van der Waals surface area contributed by atoms with E-state index >= 15 is 0 Å². The summed E-state index contributed by atoms with van der Waals surface area (Å²) in [6.45, 7) is 3.27. The Kier molecular flexibility index (Phi) is 6.08. The zero-order valence-electron chi connectivity index (χ0n) is 17.4. The SMILES string of the molecule is COCCNC(=O)[C@H]1Cc2ccc(OC)cc2N2CCN(c3ccc(F)cc3)C[C@@H]12. The van der Waals surface area contributed by atoms with Crippen molar-refractivity contribution in [3.8, 4) is 5.75 Å². The van der Waals surface area contributed by atoms with E-state index < -0.39 is 0 Å². The predicted molar refractivity (Wildman–Crippen MR) is 115 cm³/mol. The molecule has 0 spiro atoms. The number of anilines is 2. The van der Waals surface area contributed by atoms with E-state index in [1.165, 1.54) is 12.1 Å². The van der Waals surface area contributed by atoms with Crippen molar-refractivity contribution in [1.82, 2.24) is 5.32 Å². The van der Waals surface area contributed by atoms with Crippen LogP contribution in [0.3, 0.4) is 0 Å². The van der Waals surface area contributed by atoms with Crippen LogP contribution >= 0.6 is 0 Å². The number of methoxy groups -OCH3 is 2. The lowest BCUT2D eigenvalue weighted by Gasteiger charge is -2.49. The van der Waals surface area contributed by atoms with Crippen LogP contribution in [0.25, 0.3) is 0 Å². The molecule has 7 heteroatoms. The molecule has 2 heterocycles. The van der Waals surface area contributed by atoms with Crippen molar-refractivity contribution in [3.63, 3.8) is 0 Å². The first-order valence-corrected chi connectivity index (χ1v) is 10.3. The van der Waals surface area contributed by atoms with E-state index in [1.54, 1.807) is 26.4 Å². The number of nitrogens with one attached hydrogen (secondary N) is 1. The number of ether oxygens (including phenoxy) is 2. The molecule has 2 aromatic rings. The van der Waals surface area contributed by atoms with Gasteiger partial charge in [-0.3, -0.25) is 4.79 Å². The van der Waals surface area contributed by atoms with Gasteiger partial charge in [0.05, 0.1) is 25.7 Å². The van der Waals surface area contributed by atoms with Crippen LogP contribution in [0.4, 0.5) is 15.8 Å². The summed E-state index contributed by atoms with van der Waals surface area (Å²) in [7, 11) is 3.29. The van der Waals surface area contributed by atoms with Crippen molar-refractivity contribution in [2.75, 3.05) is 56.8 Å². The van der Waals surface area contributed by atoms with Crippen molar-refractivity contribution in [2.24, 2.45) is 5.92 Å². The zero-order valence-corrected chi connectivity index (χ0v) is 17.4. The lowest BCUT2D eigenvalue weighted by Crippen LogP contribution is -2.61. The Labute approximate surface area is 176 Å². The second-order valence-corrected chi connectivity index (χ2v) is 7.77. The molecule has 2 atom stereocenters. The highest BCUT2D eigenvalue weighted by Gasteiger charge is 2.41. The molecule has 1 saturated heterocycles. The van der Waals surface area contributed by atoms with Gasteiger partial charge < -0.3 is 24.6 Å². The lowest BCUT2D eigenvalue weighted by molar-refractivity contribution is -0.126. The largest absolute Gasteiger partial charge is 0.497 e. The molecule has 0 unspecified atom stereocenters. The molecule has 0 saturated carbocycles. The monoisotopic (exact) mass is 413 g/mol. The molecule has 2 aliphatic rings. The Hall–Kier alpha value is -2.80. The summed E-state index contributed by atoms with van der Waals surface area (Å²) in [6.07, 6.45) is 0.677. The molecule has 0 bridgehead atoms. The highest BCUT2D eigenvalue weighted by Crippen LogP contribution is 2.38. The van der Waals surface area contributed by atoms with Crippen LogP contribution in [0.1, 0.15) is 5.56 Å². The highest BCUT2D eigenvalue weighted by molar-refractivity contribution is 5.82. The Morgan fingerprint density at radius 1 is 1.17 bits per heavy atom. The van der Waals surface area contributed by atoms with Crippen molar-refractivity contribution >= 4 is 17.3 Å². The first kappa shape index (κ1) is 20.5. The highest BCUT2D eigenvalue weighted by atomic mass is 19.1. The molecule has 1 amide bonds. The second-order valence-electron chi connectivity index (χ2n) is 7.77. The maximum Gasteiger partial charge on any atom is 0.225 e. The van der Waals surface area contributed by atoms with Gasteiger partial charge in [0, 0.05) is 50.7 Å². The minimum Gasteiger partial charge on any atom is -0.497 e. The summed E-state index contributed by atoms with van der Waals surface area (Å²) in [6, 6.07) is 12.7. The van der Waals surface area contributed by atoms with Gasteiger partial charge in [-0.05, 0) is 42.3 Å².